The molecular weight excluding hydrogens is 256 g/mol. The van der Waals surface area contributed by atoms with Gasteiger partial charge in [-0.1, -0.05) is 19.3 Å². The minimum Gasteiger partial charge on any atom is -0.397 e. The first-order valence-electron chi connectivity index (χ1n) is 7.36. The van der Waals surface area contributed by atoms with Crippen LogP contribution in [0.4, 0.5) is 10.7 Å². The highest BCUT2D eigenvalue weighted by atomic mass is 32.1. The summed E-state index contributed by atoms with van der Waals surface area (Å²) in [6.45, 7) is 1.61. The van der Waals surface area contributed by atoms with Gasteiger partial charge in [-0.2, -0.15) is 0 Å². The highest BCUT2D eigenvalue weighted by Gasteiger charge is 2.32. The number of Topliss-reactive ketones (excluding diaryl/α,β-unsaturated/α-hetero) is 1. The summed E-state index contributed by atoms with van der Waals surface area (Å²) >= 11 is 1.57. The molecule has 1 heterocycles. The number of ketones is 1. The number of thiophene rings is 1. The van der Waals surface area contributed by atoms with E-state index in [9.17, 15) is 4.79 Å². The van der Waals surface area contributed by atoms with Crippen LogP contribution in [0.1, 0.15) is 73.0 Å². The molecule has 0 atom stereocenters. The maximum atomic E-state index is 11.7. The van der Waals surface area contributed by atoms with E-state index in [2.05, 4.69) is 5.32 Å². The summed E-state index contributed by atoms with van der Waals surface area (Å²) in [4.78, 5) is 12.4. The zero-order valence-corrected chi connectivity index (χ0v) is 12.3. The second-order valence-electron chi connectivity index (χ2n) is 5.90. The Bertz CT molecular complexity index is 485. The van der Waals surface area contributed by atoms with Crippen molar-refractivity contribution in [2.24, 2.45) is 0 Å². The first-order chi connectivity index (χ1) is 9.16. The molecule has 19 heavy (non-hydrogen) atoms. The van der Waals surface area contributed by atoms with E-state index in [0.29, 0.717) is 12.0 Å². The van der Waals surface area contributed by atoms with Gasteiger partial charge in [0.25, 0.3) is 0 Å². The fourth-order valence-electron chi connectivity index (χ4n) is 3.04. The number of carbonyl (C=O) groups excluding carboxylic acids is 1. The molecule has 0 aromatic carbocycles. The maximum absolute atomic E-state index is 11.7. The molecule has 0 spiro atoms. The fraction of sp³-hybridized carbons (Fsp3) is 0.667. The Labute approximate surface area is 118 Å². The van der Waals surface area contributed by atoms with Gasteiger partial charge in [0, 0.05) is 18.5 Å². The monoisotopic (exact) mass is 278 g/mol. The largest absolute Gasteiger partial charge is 0.397 e. The van der Waals surface area contributed by atoms with Crippen molar-refractivity contribution in [1.82, 2.24) is 0 Å². The lowest BCUT2D eigenvalue weighted by Crippen LogP contribution is -2.22. The number of hydrogen-bond donors (Lipinski definition) is 2. The molecule has 104 valence electrons. The summed E-state index contributed by atoms with van der Waals surface area (Å²) < 4.78 is 0. The Morgan fingerprint density at radius 1 is 1.21 bits per heavy atom. The number of rotatable bonds is 4. The van der Waals surface area contributed by atoms with Gasteiger partial charge in [0.05, 0.1) is 15.6 Å². The molecule has 0 radical (unpaired) electrons. The van der Waals surface area contributed by atoms with E-state index in [1.165, 1.54) is 55.5 Å². The molecule has 0 aliphatic heterocycles. The van der Waals surface area contributed by atoms with Crippen molar-refractivity contribution in [3.05, 3.63) is 10.4 Å². The molecule has 4 heteroatoms. The minimum atomic E-state index is 0.0982. The van der Waals surface area contributed by atoms with E-state index < -0.39 is 0 Å². The van der Waals surface area contributed by atoms with Crippen LogP contribution in [0.25, 0.3) is 0 Å². The molecule has 2 fully saturated rings. The van der Waals surface area contributed by atoms with Gasteiger partial charge in [0.15, 0.2) is 5.78 Å². The number of nitrogens with two attached hydrogens (primary N) is 1. The summed E-state index contributed by atoms with van der Waals surface area (Å²) in [6.07, 6.45) is 8.93. The van der Waals surface area contributed by atoms with Gasteiger partial charge in [0.1, 0.15) is 0 Å². The van der Waals surface area contributed by atoms with Crippen LogP contribution in [0.15, 0.2) is 0 Å². The lowest BCUT2D eigenvalue weighted by molar-refractivity contribution is 0.102. The van der Waals surface area contributed by atoms with Gasteiger partial charge in [-0.25, -0.2) is 0 Å². The Balaban J connectivity index is 1.86. The third-order valence-corrected chi connectivity index (χ3v) is 5.48. The van der Waals surface area contributed by atoms with Crippen LogP contribution in [-0.4, -0.2) is 11.8 Å². The highest BCUT2D eigenvalue weighted by molar-refractivity contribution is 7.18. The van der Waals surface area contributed by atoms with Crippen LogP contribution in [0, 0.1) is 0 Å². The van der Waals surface area contributed by atoms with Gasteiger partial charge in [-0.15, -0.1) is 11.3 Å². The molecule has 0 bridgehead atoms. The Morgan fingerprint density at radius 2 is 1.89 bits per heavy atom. The molecule has 2 aliphatic carbocycles. The molecule has 3 N–H and O–H groups in total. The number of nitrogens with one attached hydrogen (secondary N) is 1. The smallest absolute Gasteiger partial charge is 0.171 e. The molecule has 1 aromatic rings. The van der Waals surface area contributed by atoms with Crippen LogP contribution >= 0.6 is 11.3 Å². The molecule has 0 unspecified atom stereocenters. The summed E-state index contributed by atoms with van der Waals surface area (Å²) in [5.74, 6) is 0.691. The third kappa shape index (κ3) is 2.64. The standard InChI is InChI=1S/C15H22N2OS/c1-9(18)14-13(16)12(10-7-8-10)15(19-14)17-11-5-3-2-4-6-11/h10-11,17H,2-8,16H2,1H3. The fourth-order valence-corrected chi connectivity index (χ4v) is 4.21. The van der Waals surface area contributed by atoms with E-state index in [-0.39, 0.29) is 5.78 Å². The zero-order valence-electron chi connectivity index (χ0n) is 11.5. The van der Waals surface area contributed by atoms with Gasteiger partial charge < -0.3 is 11.1 Å². The predicted octanol–water partition coefficient (Wildman–Crippen LogP) is 4.15. The molecule has 3 nitrogen and oxygen atoms in total. The normalized spacial score (nSPS) is 20.5. The van der Waals surface area contributed by atoms with Gasteiger partial charge in [-0.3, -0.25) is 4.79 Å². The first kappa shape index (κ1) is 13.0. The minimum absolute atomic E-state index is 0.0982. The molecule has 0 amide bonds. The average Bonchev–Trinajstić information content (AvgIpc) is 3.16. The average molecular weight is 278 g/mol. The van der Waals surface area contributed by atoms with Gasteiger partial charge in [0.2, 0.25) is 0 Å². The number of anilines is 2. The van der Waals surface area contributed by atoms with Crippen molar-refractivity contribution in [3.8, 4) is 0 Å². The zero-order chi connectivity index (χ0) is 13.4. The number of nitrogen functional groups attached to an aromatic ring is 1. The molecule has 2 aliphatic rings. The molecule has 2 saturated carbocycles. The summed E-state index contributed by atoms with van der Waals surface area (Å²) in [6, 6.07) is 0.573. The van der Waals surface area contributed by atoms with Crippen LogP contribution in [0.5, 0.6) is 0 Å². The van der Waals surface area contributed by atoms with Crippen LogP contribution in [-0.2, 0) is 0 Å². The van der Waals surface area contributed by atoms with E-state index in [1.807, 2.05) is 0 Å². The topological polar surface area (TPSA) is 55.1 Å². The van der Waals surface area contributed by atoms with Crippen LogP contribution in [0.3, 0.4) is 0 Å². The molecule has 1 aromatic heterocycles. The van der Waals surface area contributed by atoms with E-state index >= 15 is 0 Å². The van der Waals surface area contributed by atoms with E-state index in [4.69, 9.17) is 5.73 Å². The maximum Gasteiger partial charge on any atom is 0.171 e. The quantitative estimate of drug-likeness (QED) is 0.813. The van der Waals surface area contributed by atoms with Crippen LogP contribution in [0.2, 0.25) is 0 Å². The molecular formula is C15H22N2OS. The van der Waals surface area contributed by atoms with Crippen molar-refractivity contribution >= 4 is 27.8 Å². The van der Waals surface area contributed by atoms with Crippen molar-refractivity contribution in [3.63, 3.8) is 0 Å². The van der Waals surface area contributed by atoms with Gasteiger partial charge >= 0.3 is 0 Å². The lowest BCUT2D eigenvalue weighted by Gasteiger charge is -2.23. The highest BCUT2D eigenvalue weighted by Crippen LogP contribution is 2.51. The van der Waals surface area contributed by atoms with Crippen LogP contribution < -0.4 is 11.1 Å². The second-order valence-corrected chi connectivity index (χ2v) is 6.92. The first-order valence-corrected chi connectivity index (χ1v) is 8.18. The molecule has 3 rings (SSSR count). The summed E-state index contributed by atoms with van der Waals surface area (Å²) in [7, 11) is 0. The van der Waals surface area contributed by atoms with Gasteiger partial charge in [-0.05, 0) is 31.6 Å². The third-order valence-electron chi connectivity index (χ3n) is 4.23. The summed E-state index contributed by atoms with van der Waals surface area (Å²) in [5.41, 5.74) is 8.19. The summed E-state index contributed by atoms with van der Waals surface area (Å²) in [5, 5.41) is 4.85. The number of hydrogen-bond acceptors (Lipinski definition) is 4. The molecule has 0 saturated heterocycles. The Kier molecular flexibility index (Phi) is 3.52. The van der Waals surface area contributed by atoms with Crippen molar-refractivity contribution in [2.45, 2.75) is 63.8 Å². The van der Waals surface area contributed by atoms with Crippen molar-refractivity contribution in [1.29, 1.82) is 0 Å². The second kappa shape index (κ2) is 5.16. The SMILES string of the molecule is CC(=O)c1sc(NC2CCCCC2)c(C2CC2)c1N. The van der Waals surface area contributed by atoms with Crippen molar-refractivity contribution < 1.29 is 4.79 Å². The van der Waals surface area contributed by atoms with Crippen molar-refractivity contribution in [2.75, 3.05) is 11.1 Å². The lowest BCUT2D eigenvalue weighted by atomic mass is 9.95. The number of carbonyl (C=O) groups is 1. The predicted molar refractivity (Wildman–Crippen MR) is 81.2 cm³/mol. The Morgan fingerprint density at radius 3 is 2.47 bits per heavy atom. The van der Waals surface area contributed by atoms with E-state index in [1.54, 1.807) is 18.3 Å². The Hall–Kier alpha value is -1.03. The van der Waals surface area contributed by atoms with E-state index in [0.717, 1.165) is 10.6 Å².